The van der Waals surface area contributed by atoms with Gasteiger partial charge in [0.1, 0.15) is 17.2 Å². The number of methoxy groups -OCH3 is 2. The Balaban J connectivity index is 2.61. The van der Waals surface area contributed by atoms with Gasteiger partial charge in [0.05, 0.1) is 20.8 Å². The first-order chi connectivity index (χ1) is 8.69. The van der Waals surface area contributed by atoms with Gasteiger partial charge < -0.3 is 19.5 Å². The molecule has 1 amide bonds. The van der Waals surface area contributed by atoms with E-state index in [1.165, 1.54) is 14.2 Å². The average molecular weight is 249 g/mol. The Kier molecular flexibility index (Phi) is 5.39. The Morgan fingerprint density at radius 1 is 1.22 bits per heavy atom. The minimum Gasteiger partial charge on any atom is -0.496 e. The van der Waals surface area contributed by atoms with Gasteiger partial charge in [0.25, 0.3) is 5.91 Å². The van der Waals surface area contributed by atoms with Crippen molar-refractivity contribution in [3.05, 3.63) is 18.2 Å². The van der Waals surface area contributed by atoms with E-state index in [-0.39, 0.29) is 19.1 Å². The van der Waals surface area contributed by atoms with Crippen LogP contribution in [0.2, 0.25) is 0 Å². The van der Waals surface area contributed by atoms with Crippen molar-refractivity contribution >= 4 is 5.91 Å². The van der Waals surface area contributed by atoms with Crippen LogP contribution in [0, 0.1) is 12.3 Å². The Morgan fingerprint density at radius 3 is 2.28 bits per heavy atom. The molecule has 0 saturated heterocycles. The lowest BCUT2D eigenvalue weighted by Gasteiger charge is -2.09. The third-order valence-corrected chi connectivity index (χ3v) is 2.08. The smallest absolute Gasteiger partial charge is 0.258 e. The molecule has 1 aromatic rings. The van der Waals surface area contributed by atoms with Gasteiger partial charge in [-0.05, 0) is 0 Å². The average Bonchev–Trinajstić information content (AvgIpc) is 2.42. The fourth-order valence-electron chi connectivity index (χ4n) is 1.21. The molecule has 5 heteroatoms. The minimum atomic E-state index is -0.283. The number of hydrogen-bond acceptors (Lipinski definition) is 4. The normalized spacial score (nSPS) is 9.17. The zero-order valence-corrected chi connectivity index (χ0v) is 10.4. The quantitative estimate of drug-likeness (QED) is 0.759. The fourth-order valence-corrected chi connectivity index (χ4v) is 1.21. The van der Waals surface area contributed by atoms with E-state index in [1.807, 2.05) is 0 Å². The van der Waals surface area contributed by atoms with Crippen molar-refractivity contribution in [3.8, 4) is 29.6 Å². The highest BCUT2D eigenvalue weighted by Gasteiger charge is 2.05. The van der Waals surface area contributed by atoms with Gasteiger partial charge in [0.2, 0.25) is 0 Å². The van der Waals surface area contributed by atoms with Crippen LogP contribution < -0.4 is 19.5 Å². The summed E-state index contributed by atoms with van der Waals surface area (Å²) in [6, 6.07) is 5.04. The Morgan fingerprint density at radius 2 is 1.78 bits per heavy atom. The summed E-state index contributed by atoms with van der Waals surface area (Å²) in [7, 11) is 3.08. The number of rotatable bonds is 6. The number of ether oxygens (including phenoxy) is 3. The standard InChI is InChI=1S/C13H15NO4/c1-4-5-14-13(15)9-18-12-7-10(16-2)6-11(8-12)17-3/h1,6-8H,5,9H2,2-3H3,(H,14,15). The second-order valence-corrected chi connectivity index (χ2v) is 3.32. The predicted octanol–water partition coefficient (Wildman–Crippen LogP) is 0.832. The van der Waals surface area contributed by atoms with E-state index in [1.54, 1.807) is 18.2 Å². The molecule has 0 atom stereocenters. The Bertz CT molecular complexity index is 429. The highest BCUT2D eigenvalue weighted by Crippen LogP contribution is 2.27. The number of terminal acetylenes is 1. The molecule has 0 bridgehead atoms. The highest BCUT2D eigenvalue weighted by molar-refractivity contribution is 5.77. The lowest BCUT2D eigenvalue weighted by molar-refractivity contribution is -0.122. The molecule has 1 aromatic carbocycles. The van der Waals surface area contributed by atoms with E-state index in [4.69, 9.17) is 20.6 Å². The molecule has 0 aromatic heterocycles. The van der Waals surface area contributed by atoms with E-state index in [9.17, 15) is 4.79 Å². The molecule has 0 heterocycles. The third-order valence-electron chi connectivity index (χ3n) is 2.08. The molecule has 0 fully saturated rings. The van der Waals surface area contributed by atoms with Crippen LogP contribution in [0.3, 0.4) is 0 Å². The number of amides is 1. The Labute approximate surface area is 106 Å². The van der Waals surface area contributed by atoms with Crippen LogP contribution >= 0.6 is 0 Å². The SMILES string of the molecule is C#CCNC(=O)COc1cc(OC)cc(OC)c1. The van der Waals surface area contributed by atoms with Gasteiger partial charge in [-0.1, -0.05) is 5.92 Å². The maximum Gasteiger partial charge on any atom is 0.258 e. The molecular formula is C13H15NO4. The van der Waals surface area contributed by atoms with Crippen molar-refractivity contribution in [1.29, 1.82) is 0 Å². The largest absolute Gasteiger partial charge is 0.496 e. The van der Waals surface area contributed by atoms with Crippen molar-refractivity contribution in [3.63, 3.8) is 0 Å². The topological polar surface area (TPSA) is 56.8 Å². The lowest BCUT2D eigenvalue weighted by atomic mass is 10.3. The summed E-state index contributed by atoms with van der Waals surface area (Å²) >= 11 is 0. The van der Waals surface area contributed by atoms with Crippen molar-refractivity contribution in [1.82, 2.24) is 5.32 Å². The number of carbonyl (C=O) groups excluding carboxylic acids is 1. The zero-order valence-electron chi connectivity index (χ0n) is 10.4. The van der Waals surface area contributed by atoms with Gasteiger partial charge in [-0.3, -0.25) is 4.79 Å². The van der Waals surface area contributed by atoms with E-state index in [0.717, 1.165) is 0 Å². The van der Waals surface area contributed by atoms with E-state index >= 15 is 0 Å². The summed E-state index contributed by atoms with van der Waals surface area (Å²) in [6.45, 7) is 0.0711. The third kappa shape index (κ3) is 4.26. The fraction of sp³-hybridized carbons (Fsp3) is 0.308. The van der Waals surface area contributed by atoms with Crippen LogP contribution in [0.4, 0.5) is 0 Å². The molecule has 0 unspecified atom stereocenters. The summed E-state index contributed by atoms with van der Waals surface area (Å²) < 4.78 is 15.5. The second kappa shape index (κ2) is 7.07. The van der Waals surface area contributed by atoms with E-state index in [0.29, 0.717) is 17.2 Å². The number of carbonyl (C=O) groups is 1. The molecule has 1 N–H and O–H groups in total. The van der Waals surface area contributed by atoms with E-state index < -0.39 is 0 Å². The molecule has 0 aliphatic carbocycles. The summed E-state index contributed by atoms with van der Waals surface area (Å²) in [6.07, 6.45) is 5.02. The van der Waals surface area contributed by atoms with Gasteiger partial charge in [0.15, 0.2) is 6.61 Å². The van der Waals surface area contributed by atoms with Crippen LogP contribution in [0.5, 0.6) is 17.2 Å². The number of hydrogen-bond donors (Lipinski definition) is 1. The summed E-state index contributed by atoms with van der Waals surface area (Å²) in [5.41, 5.74) is 0. The van der Waals surface area contributed by atoms with Crippen LogP contribution in [0.25, 0.3) is 0 Å². The number of benzene rings is 1. The highest BCUT2D eigenvalue weighted by atomic mass is 16.5. The molecule has 5 nitrogen and oxygen atoms in total. The van der Waals surface area contributed by atoms with Crippen molar-refractivity contribution in [2.45, 2.75) is 0 Å². The van der Waals surface area contributed by atoms with Crippen molar-refractivity contribution in [2.24, 2.45) is 0 Å². The van der Waals surface area contributed by atoms with Crippen LogP contribution in [-0.2, 0) is 4.79 Å². The van der Waals surface area contributed by atoms with Gasteiger partial charge in [-0.15, -0.1) is 6.42 Å². The minimum absolute atomic E-state index is 0.113. The molecule has 0 radical (unpaired) electrons. The Hall–Kier alpha value is -2.35. The summed E-state index contributed by atoms with van der Waals surface area (Å²) in [5, 5.41) is 2.50. The molecule has 0 saturated carbocycles. The van der Waals surface area contributed by atoms with Gasteiger partial charge in [-0.25, -0.2) is 0 Å². The second-order valence-electron chi connectivity index (χ2n) is 3.32. The van der Waals surface area contributed by atoms with Crippen LogP contribution in [0.1, 0.15) is 0 Å². The number of nitrogens with one attached hydrogen (secondary N) is 1. The maximum absolute atomic E-state index is 11.3. The van der Waals surface area contributed by atoms with E-state index in [2.05, 4.69) is 11.2 Å². The van der Waals surface area contributed by atoms with Gasteiger partial charge >= 0.3 is 0 Å². The first-order valence-corrected chi connectivity index (χ1v) is 5.25. The zero-order chi connectivity index (χ0) is 13.4. The van der Waals surface area contributed by atoms with Crippen molar-refractivity contribution in [2.75, 3.05) is 27.4 Å². The first kappa shape index (κ1) is 13.7. The van der Waals surface area contributed by atoms with Crippen LogP contribution in [-0.4, -0.2) is 33.3 Å². The first-order valence-electron chi connectivity index (χ1n) is 5.25. The summed E-state index contributed by atoms with van der Waals surface area (Å²) in [5.74, 6) is 3.69. The van der Waals surface area contributed by atoms with Crippen LogP contribution in [0.15, 0.2) is 18.2 Å². The molecule has 1 rings (SSSR count). The molecule has 0 aliphatic heterocycles. The molecule has 96 valence electrons. The van der Waals surface area contributed by atoms with Crippen molar-refractivity contribution < 1.29 is 19.0 Å². The molecule has 0 spiro atoms. The molecule has 0 aliphatic rings. The molecular weight excluding hydrogens is 234 g/mol. The lowest BCUT2D eigenvalue weighted by Crippen LogP contribution is -2.29. The monoisotopic (exact) mass is 249 g/mol. The van der Waals surface area contributed by atoms with Gasteiger partial charge in [-0.2, -0.15) is 0 Å². The maximum atomic E-state index is 11.3. The van der Waals surface area contributed by atoms with Gasteiger partial charge in [0, 0.05) is 18.2 Å². The summed E-state index contributed by atoms with van der Waals surface area (Å²) in [4.78, 5) is 11.3. The molecule has 18 heavy (non-hydrogen) atoms. The predicted molar refractivity (Wildman–Crippen MR) is 66.9 cm³/mol.